The summed E-state index contributed by atoms with van der Waals surface area (Å²) >= 11 is 0. The number of non-ortho nitro benzene ring substituents is 1. The molecule has 1 aromatic heterocycles. The Kier molecular flexibility index (Phi) is 7.86. The molecule has 3 aromatic rings. The first-order valence-corrected chi connectivity index (χ1v) is 13.2. The normalized spacial score (nSPS) is 17.5. The van der Waals surface area contributed by atoms with Crippen molar-refractivity contribution >= 4 is 34.0 Å². The van der Waals surface area contributed by atoms with E-state index in [2.05, 4.69) is 45.4 Å². The molecule has 3 heterocycles. The van der Waals surface area contributed by atoms with Crippen molar-refractivity contribution in [2.24, 2.45) is 5.92 Å². The third-order valence-corrected chi connectivity index (χ3v) is 7.10. The fraction of sp³-hybridized carbons (Fsp3) is 0.267. The minimum absolute atomic E-state index is 0.105. The molecule has 0 radical (unpaired) electrons. The Morgan fingerprint density at radius 1 is 1.10 bits per heavy atom. The molecule has 2 aliphatic heterocycles. The number of hydrogen-bond donors (Lipinski definition) is 2. The topological polar surface area (TPSA) is 99.5 Å². The van der Waals surface area contributed by atoms with Crippen LogP contribution in [0.1, 0.15) is 13.3 Å². The molecular weight excluding hydrogens is 490 g/mol. The lowest BCUT2D eigenvalue weighted by Gasteiger charge is -2.36. The Labute approximate surface area is 228 Å². The summed E-state index contributed by atoms with van der Waals surface area (Å²) in [6.07, 6.45) is 11.2. The number of fused-ring (bicyclic) bond motifs is 1. The molecule has 9 nitrogen and oxygen atoms in total. The predicted octanol–water partition coefficient (Wildman–Crippen LogP) is 5.42. The number of nitrogens with one attached hydrogen (secondary N) is 2. The Bertz CT molecular complexity index is 1440. The first kappa shape index (κ1) is 26.0. The minimum atomic E-state index is -0.372. The highest BCUT2D eigenvalue weighted by Gasteiger charge is 2.21. The second-order valence-electron chi connectivity index (χ2n) is 9.56. The van der Waals surface area contributed by atoms with Gasteiger partial charge in [0, 0.05) is 73.7 Å². The summed E-state index contributed by atoms with van der Waals surface area (Å²) in [4.78, 5) is 24.9. The molecule has 39 heavy (non-hydrogen) atoms. The van der Waals surface area contributed by atoms with E-state index in [0.717, 1.165) is 67.2 Å². The minimum Gasteiger partial charge on any atom is -0.369 e. The van der Waals surface area contributed by atoms with Crippen molar-refractivity contribution in [1.82, 2.24) is 15.3 Å². The Hall–Kier alpha value is -4.66. The molecule has 1 unspecified atom stereocenters. The smallest absolute Gasteiger partial charge is 0.269 e. The van der Waals surface area contributed by atoms with Gasteiger partial charge in [-0.3, -0.25) is 10.1 Å². The maximum absolute atomic E-state index is 11.0. The molecule has 2 aromatic carbocycles. The molecule has 9 heteroatoms. The predicted molar refractivity (Wildman–Crippen MR) is 158 cm³/mol. The number of rotatable bonds is 9. The van der Waals surface area contributed by atoms with Gasteiger partial charge in [0.05, 0.1) is 10.4 Å². The highest BCUT2D eigenvalue weighted by molar-refractivity contribution is 5.90. The lowest BCUT2D eigenvalue weighted by Crippen LogP contribution is -2.47. The van der Waals surface area contributed by atoms with Gasteiger partial charge in [-0.1, -0.05) is 24.3 Å². The van der Waals surface area contributed by atoms with E-state index in [4.69, 9.17) is 9.97 Å². The summed E-state index contributed by atoms with van der Waals surface area (Å²) in [5, 5.41) is 18.9. The Morgan fingerprint density at radius 3 is 2.56 bits per heavy atom. The Balaban J connectivity index is 1.26. The van der Waals surface area contributed by atoms with E-state index in [1.165, 1.54) is 5.57 Å². The number of hydrogen-bond acceptors (Lipinski definition) is 8. The zero-order valence-electron chi connectivity index (χ0n) is 22.1. The highest BCUT2D eigenvalue weighted by Crippen LogP contribution is 2.27. The average Bonchev–Trinajstić information content (AvgIpc) is 2.98. The van der Waals surface area contributed by atoms with Crippen LogP contribution in [0.15, 0.2) is 96.9 Å². The van der Waals surface area contributed by atoms with E-state index >= 15 is 0 Å². The fourth-order valence-electron chi connectivity index (χ4n) is 4.98. The number of nitro benzene ring substituents is 1. The molecule has 0 spiro atoms. The molecular formula is C30H33N7O2. The highest BCUT2D eigenvalue weighted by atomic mass is 16.6. The summed E-state index contributed by atoms with van der Waals surface area (Å²) in [5.41, 5.74) is 4.35. The lowest BCUT2D eigenvalue weighted by atomic mass is 9.93. The van der Waals surface area contributed by atoms with Crippen LogP contribution in [0.3, 0.4) is 0 Å². The van der Waals surface area contributed by atoms with Crippen LogP contribution < -0.4 is 20.4 Å². The van der Waals surface area contributed by atoms with Crippen molar-refractivity contribution in [2.45, 2.75) is 13.3 Å². The fourth-order valence-corrected chi connectivity index (χ4v) is 4.98. The average molecular weight is 524 g/mol. The number of piperazine rings is 1. The maximum atomic E-state index is 11.0. The standard InChI is InChI=1S/C30H33N7O2/c1-3-7-24-20-22(4-2)23(21-32-24)14-15-31-29-27-8-5-6-9-28(27)33-30(34-29)36-18-16-35(17-19-36)25-10-12-26(13-11-25)37(38)39/h3-13,20-22,32H,2,14-19H2,1H3,(H,31,33,34)/b7-3-. The first-order chi connectivity index (χ1) is 19.1. The van der Waals surface area contributed by atoms with Gasteiger partial charge < -0.3 is 20.4 Å². The molecule has 2 N–H and O–H groups in total. The van der Waals surface area contributed by atoms with E-state index in [0.29, 0.717) is 5.95 Å². The first-order valence-electron chi connectivity index (χ1n) is 13.2. The quantitative estimate of drug-likeness (QED) is 0.218. The zero-order valence-corrected chi connectivity index (χ0v) is 22.1. The number of nitrogens with zero attached hydrogens (tertiary/aromatic N) is 5. The molecule has 0 amide bonds. The van der Waals surface area contributed by atoms with Crippen molar-refractivity contribution < 1.29 is 4.92 Å². The summed E-state index contributed by atoms with van der Waals surface area (Å²) in [7, 11) is 0. The van der Waals surface area contributed by atoms with Crippen LogP contribution in [-0.4, -0.2) is 47.6 Å². The van der Waals surface area contributed by atoms with Crippen molar-refractivity contribution in [3.63, 3.8) is 0 Å². The van der Waals surface area contributed by atoms with Crippen LogP contribution in [0.5, 0.6) is 0 Å². The summed E-state index contributed by atoms with van der Waals surface area (Å²) < 4.78 is 0. The number of anilines is 3. The van der Waals surface area contributed by atoms with Crippen molar-refractivity contribution in [2.75, 3.05) is 47.8 Å². The summed E-state index contributed by atoms with van der Waals surface area (Å²) in [6.45, 7) is 9.84. The van der Waals surface area contributed by atoms with Gasteiger partial charge >= 0.3 is 0 Å². The number of nitro groups is 1. The molecule has 5 rings (SSSR count). The molecule has 0 saturated carbocycles. The van der Waals surface area contributed by atoms with E-state index in [-0.39, 0.29) is 16.5 Å². The van der Waals surface area contributed by atoms with Crippen molar-refractivity contribution in [3.05, 3.63) is 107 Å². The van der Waals surface area contributed by atoms with Crippen LogP contribution in [-0.2, 0) is 0 Å². The van der Waals surface area contributed by atoms with Gasteiger partial charge in [0.1, 0.15) is 5.82 Å². The number of dihydropyridines is 1. The van der Waals surface area contributed by atoms with Gasteiger partial charge in [-0.05, 0) is 55.3 Å². The molecule has 1 saturated heterocycles. The van der Waals surface area contributed by atoms with E-state index in [1.807, 2.05) is 55.5 Å². The molecule has 2 aliphatic rings. The van der Waals surface area contributed by atoms with Gasteiger partial charge in [-0.25, -0.2) is 4.98 Å². The third kappa shape index (κ3) is 5.93. The van der Waals surface area contributed by atoms with Crippen LogP contribution in [0.2, 0.25) is 0 Å². The van der Waals surface area contributed by atoms with E-state index in [1.54, 1.807) is 12.1 Å². The summed E-state index contributed by atoms with van der Waals surface area (Å²) in [5.74, 6) is 1.74. The molecule has 1 atom stereocenters. The van der Waals surface area contributed by atoms with Gasteiger partial charge in [-0.15, -0.1) is 6.58 Å². The van der Waals surface area contributed by atoms with E-state index < -0.39 is 0 Å². The van der Waals surface area contributed by atoms with Crippen molar-refractivity contribution in [1.29, 1.82) is 0 Å². The van der Waals surface area contributed by atoms with Crippen LogP contribution >= 0.6 is 0 Å². The van der Waals surface area contributed by atoms with Crippen LogP contribution in [0, 0.1) is 16.0 Å². The second-order valence-corrected chi connectivity index (χ2v) is 9.56. The van der Waals surface area contributed by atoms with E-state index in [9.17, 15) is 10.1 Å². The number of allylic oxidation sites excluding steroid dienone is 4. The van der Waals surface area contributed by atoms with Gasteiger partial charge in [-0.2, -0.15) is 4.98 Å². The molecule has 0 aliphatic carbocycles. The number of para-hydroxylation sites is 1. The second kappa shape index (κ2) is 11.8. The van der Waals surface area contributed by atoms with Gasteiger partial charge in [0.15, 0.2) is 0 Å². The summed E-state index contributed by atoms with van der Waals surface area (Å²) in [6, 6.07) is 14.8. The number of benzene rings is 2. The monoisotopic (exact) mass is 523 g/mol. The lowest BCUT2D eigenvalue weighted by molar-refractivity contribution is -0.384. The maximum Gasteiger partial charge on any atom is 0.269 e. The SMILES string of the molecule is C=CC1C=C(/C=C\C)NC=C1CCNc1nc(N2CCN(c3ccc([N+](=O)[O-])cc3)CC2)nc2ccccc12. The number of aromatic nitrogens is 2. The molecule has 200 valence electrons. The molecule has 1 fully saturated rings. The molecule has 0 bridgehead atoms. The van der Waals surface area contributed by atoms with Gasteiger partial charge in [0.25, 0.3) is 5.69 Å². The van der Waals surface area contributed by atoms with Gasteiger partial charge in [0.2, 0.25) is 5.95 Å². The van der Waals surface area contributed by atoms with Crippen LogP contribution in [0.25, 0.3) is 10.9 Å². The Morgan fingerprint density at radius 2 is 1.85 bits per heavy atom. The third-order valence-electron chi connectivity index (χ3n) is 7.10. The largest absolute Gasteiger partial charge is 0.369 e. The van der Waals surface area contributed by atoms with Crippen LogP contribution in [0.4, 0.5) is 23.1 Å². The zero-order chi connectivity index (χ0) is 27.2. The van der Waals surface area contributed by atoms with Crippen molar-refractivity contribution in [3.8, 4) is 0 Å².